The highest BCUT2D eigenvalue weighted by Crippen LogP contribution is 2.58. The third kappa shape index (κ3) is 3.19. The highest BCUT2D eigenvalue weighted by molar-refractivity contribution is 5.30. The summed E-state index contributed by atoms with van der Waals surface area (Å²) in [6, 6.07) is 0. The van der Waals surface area contributed by atoms with Gasteiger partial charge >= 0.3 is 0 Å². The minimum Gasteiger partial charge on any atom is -0.390 e. The van der Waals surface area contributed by atoms with Crippen molar-refractivity contribution >= 4 is 20.2 Å². The van der Waals surface area contributed by atoms with Crippen LogP contribution in [0.5, 0.6) is 0 Å². The van der Waals surface area contributed by atoms with Gasteiger partial charge in [-0.25, -0.2) is 0 Å². The molecule has 2 saturated carbocycles. The lowest BCUT2D eigenvalue weighted by Crippen LogP contribution is -2.62. The molecule has 0 aromatic carbocycles. The van der Waals surface area contributed by atoms with Crippen molar-refractivity contribution in [1.29, 1.82) is 0 Å². The predicted molar refractivity (Wildman–Crippen MR) is 117 cm³/mol. The minimum atomic E-state index is -0.542. The Morgan fingerprint density at radius 3 is 2.04 bits per heavy atom. The summed E-state index contributed by atoms with van der Waals surface area (Å²) >= 11 is 0. The Labute approximate surface area is 170 Å². The van der Waals surface area contributed by atoms with Gasteiger partial charge in [0.15, 0.2) is 0 Å². The van der Waals surface area contributed by atoms with Gasteiger partial charge in [0, 0.05) is 0 Å². The van der Waals surface area contributed by atoms with E-state index in [1.54, 1.807) is 0 Å². The van der Waals surface area contributed by atoms with E-state index in [-0.39, 0.29) is 34.6 Å². The number of hydrogen-bond donors (Lipinski definition) is 1. The molecule has 0 amide bonds. The lowest BCUT2D eigenvalue weighted by molar-refractivity contribution is -0.165. The van der Waals surface area contributed by atoms with Crippen molar-refractivity contribution in [2.45, 2.75) is 108 Å². The molecule has 5 nitrogen and oxygen atoms in total. The molecule has 0 aromatic rings. The lowest BCUT2D eigenvalue weighted by Gasteiger charge is -2.58. The summed E-state index contributed by atoms with van der Waals surface area (Å²) in [4.78, 5) is 13.2. The number of hydrogen-bond acceptors (Lipinski definition) is 5. The van der Waals surface area contributed by atoms with Crippen LogP contribution >= 0.6 is 0 Å². The molecule has 0 spiro atoms. The van der Waals surface area contributed by atoms with Gasteiger partial charge in [-0.05, 0) is 111 Å². The highest BCUT2D eigenvalue weighted by Gasteiger charge is 2.61. The van der Waals surface area contributed by atoms with Crippen LogP contribution in [-0.4, -0.2) is 59.7 Å². The van der Waals surface area contributed by atoms with Gasteiger partial charge in [-0.15, -0.1) is 0 Å². The van der Waals surface area contributed by atoms with Crippen molar-refractivity contribution < 1.29 is 9.84 Å². The van der Waals surface area contributed by atoms with Gasteiger partial charge in [-0.2, -0.15) is 0 Å². The summed E-state index contributed by atoms with van der Waals surface area (Å²) in [6.07, 6.45) is 5.26. The molecule has 3 fully saturated rings. The van der Waals surface area contributed by atoms with E-state index in [9.17, 15) is 5.11 Å². The van der Waals surface area contributed by atoms with Crippen LogP contribution in [0.15, 0.2) is 15.0 Å². The fourth-order valence-electron chi connectivity index (χ4n) is 6.29. The van der Waals surface area contributed by atoms with Crippen LogP contribution in [0.4, 0.5) is 0 Å². The van der Waals surface area contributed by atoms with Crippen LogP contribution in [-0.2, 0) is 4.74 Å². The number of aliphatic hydroxyl groups excluding tert-OH is 1. The third-order valence-corrected chi connectivity index (χ3v) is 8.67. The van der Waals surface area contributed by atoms with Crippen LogP contribution in [0, 0.1) is 17.8 Å². The summed E-state index contributed by atoms with van der Waals surface area (Å²) < 4.78 is 6.71. The molecule has 0 aromatic heterocycles. The molecule has 2 aliphatic carbocycles. The van der Waals surface area contributed by atoms with Crippen molar-refractivity contribution in [3.8, 4) is 0 Å². The Morgan fingerprint density at radius 2 is 1.46 bits per heavy atom. The van der Waals surface area contributed by atoms with E-state index in [0.29, 0.717) is 5.92 Å². The van der Waals surface area contributed by atoms with E-state index >= 15 is 0 Å². The standard InChI is InChI=1S/C23H39N3O2/c1-20(2,24-6)17-11-14-23(5,28-17)16-10-12-21(3,25-7)15-9-13-22(4,26-8)19(27)18(15)16/h15-19,27H,6-14H2,1-5H3/t15-,16-,17-,18-,19-,21-,22-,23+/m0/s1. The summed E-state index contributed by atoms with van der Waals surface area (Å²) in [5.74, 6) is 0.630. The topological polar surface area (TPSA) is 66.5 Å². The van der Waals surface area contributed by atoms with E-state index in [4.69, 9.17) is 4.74 Å². The molecular weight excluding hydrogens is 350 g/mol. The smallest absolute Gasteiger partial charge is 0.0833 e. The molecule has 158 valence electrons. The maximum absolute atomic E-state index is 11.5. The molecule has 8 atom stereocenters. The third-order valence-electron chi connectivity index (χ3n) is 8.67. The maximum Gasteiger partial charge on any atom is 0.0833 e. The first-order valence-electron chi connectivity index (χ1n) is 10.8. The molecule has 3 rings (SSSR count). The lowest BCUT2D eigenvalue weighted by atomic mass is 9.51. The maximum atomic E-state index is 11.5. The summed E-state index contributed by atoms with van der Waals surface area (Å²) in [5.41, 5.74) is -1.28. The number of ether oxygens (including phenoxy) is 1. The quantitative estimate of drug-likeness (QED) is 0.719. The Balaban J connectivity index is 1.96. The number of nitrogens with zero attached hydrogens (tertiary/aromatic N) is 3. The first-order valence-corrected chi connectivity index (χ1v) is 10.8. The Morgan fingerprint density at radius 1 is 0.893 bits per heavy atom. The largest absolute Gasteiger partial charge is 0.390 e. The molecule has 1 heterocycles. The van der Waals surface area contributed by atoms with Crippen molar-refractivity contribution in [2.24, 2.45) is 32.7 Å². The molecular formula is C23H39N3O2. The number of rotatable bonds is 5. The van der Waals surface area contributed by atoms with Gasteiger partial charge in [-0.3, -0.25) is 15.0 Å². The average molecular weight is 390 g/mol. The molecule has 0 unspecified atom stereocenters. The normalized spacial score (nSPS) is 49.3. The molecule has 28 heavy (non-hydrogen) atoms. The number of fused-ring (bicyclic) bond motifs is 1. The van der Waals surface area contributed by atoms with Crippen molar-refractivity contribution in [1.82, 2.24) is 0 Å². The Kier molecular flexibility index (Phi) is 5.42. The van der Waals surface area contributed by atoms with Crippen LogP contribution in [0.3, 0.4) is 0 Å². The van der Waals surface area contributed by atoms with E-state index in [0.717, 1.165) is 38.5 Å². The molecule has 1 aliphatic heterocycles. The molecule has 0 radical (unpaired) electrons. The van der Waals surface area contributed by atoms with Gasteiger partial charge < -0.3 is 9.84 Å². The second kappa shape index (κ2) is 7.02. The predicted octanol–water partition coefficient (Wildman–Crippen LogP) is 4.12. The molecule has 5 heteroatoms. The SMILES string of the molecule is C=NC(C)(C)[C@@H]1CC[C@](C)([C@H]2CC[C@](C)(N=C)[C@H]3CC[C@](C)(N=C)[C@@H](O)[C@H]23)O1. The molecule has 3 aliphatic rings. The minimum absolute atomic E-state index is 0.0592. The fraction of sp³-hybridized carbons (Fsp3) is 0.870. The van der Waals surface area contributed by atoms with Gasteiger partial charge in [0.25, 0.3) is 0 Å². The van der Waals surface area contributed by atoms with Gasteiger partial charge in [-0.1, -0.05) is 0 Å². The van der Waals surface area contributed by atoms with E-state index in [1.165, 1.54) is 0 Å². The van der Waals surface area contributed by atoms with Crippen molar-refractivity contribution in [2.75, 3.05) is 0 Å². The number of aliphatic hydroxyl groups is 1. The first-order chi connectivity index (χ1) is 13.0. The monoisotopic (exact) mass is 389 g/mol. The zero-order valence-corrected chi connectivity index (χ0v) is 18.4. The molecule has 0 bridgehead atoms. The van der Waals surface area contributed by atoms with Gasteiger partial charge in [0.1, 0.15) is 0 Å². The van der Waals surface area contributed by atoms with Gasteiger partial charge in [0.2, 0.25) is 0 Å². The molecule has 1 N–H and O–H groups in total. The van der Waals surface area contributed by atoms with E-state index < -0.39 is 11.6 Å². The average Bonchev–Trinajstić information content (AvgIpc) is 3.09. The van der Waals surface area contributed by atoms with Crippen LogP contribution in [0.1, 0.15) is 73.1 Å². The van der Waals surface area contributed by atoms with Crippen LogP contribution in [0.25, 0.3) is 0 Å². The second-order valence-corrected chi connectivity index (χ2v) is 10.6. The Hall–Kier alpha value is -1.07. The van der Waals surface area contributed by atoms with E-state index in [2.05, 4.69) is 62.8 Å². The zero-order valence-electron chi connectivity index (χ0n) is 18.4. The van der Waals surface area contributed by atoms with Crippen molar-refractivity contribution in [3.63, 3.8) is 0 Å². The highest BCUT2D eigenvalue weighted by atomic mass is 16.5. The first kappa shape index (κ1) is 21.6. The summed E-state index contributed by atoms with van der Waals surface area (Å²) in [6.45, 7) is 22.1. The Bertz CT molecular complexity index is 650. The number of aliphatic imine (C=N–C) groups is 3. The second-order valence-electron chi connectivity index (χ2n) is 10.6. The molecule has 1 saturated heterocycles. The summed E-state index contributed by atoms with van der Waals surface area (Å²) in [7, 11) is 0. The van der Waals surface area contributed by atoms with Gasteiger partial charge in [0.05, 0.1) is 34.4 Å². The van der Waals surface area contributed by atoms with Crippen LogP contribution < -0.4 is 0 Å². The van der Waals surface area contributed by atoms with Crippen LogP contribution in [0.2, 0.25) is 0 Å². The fourth-order valence-corrected chi connectivity index (χ4v) is 6.29. The summed E-state index contributed by atoms with van der Waals surface area (Å²) in [5, 5.41) is 11.5. The van der Waals surface area contributed by atoms with E-state index in [1.807, 2.05) is 6.92 Å². The van der Waals surface area contributed by atoms with Crippen molar-refractivity contribution in [3.05, 3.63) is 0 Å². The zero-order chi connectivity index (χ0) is 21.0.